The molecule has 1 atom stereocenters. The second-order valence-corrected chi connectivity index (χ2v) is 3.99. The minimum Gasteiger partial charge on any atom is -0.312 e. The molecule has 0 fully saturated rings. The van der Waals surface area contributed by atoms with E-state index in [2.05, 4.69) is 42.5 Å². The third-order valence-electron chi connectivity index (χ3n) is 2.96. The lowest BCUT2D eigenvalue weighted by atomic mass is 10.1. The monoisotopic (exact) mass is 203 g/mol. The Kier molecular flexibility index (Phi) is 2.49. The summed E-state index contributed by atoms with van der Waals surface area (Å²) in [5.41, 5.74) is 3.62. The van der Waals surface area contributed by atoms with E-state index < -0.39 is 0 Å². The van der Waals surface area contributed by atoms with Gasteiger partial charge in [0.15, 0.2) is 0 Å². The lowest BCUT2D eigenvalue weighted by Crippen LogP contribution is -2.13. The average molecular weight is 203 g/mol. The van der Waals surface area contributed by atoms with Crippen LogP contribution in [0.15, 0.2) is 18.2 Å². The third-order valence-corrected chi connectivity index (χ3v) is 2.96. The maximum atomic E-state index is 4.58. The second-order valence-electron chi connectivity index (χ2n) is 3.99. The number of nitrogens with zero attached hydrogens (tertiary/aromatic N) is 2. The van der Waals surface area contributed by atoms with Crippen LogP contribution in [0.2, 0.25) is 0 Å². The molecule has 0 aliphatic rings. The normalized spacial score (nSPS) is 13.3. The number of hydrogen-bond donors (Lipinski definition) is 1. The summed E-state index contributed by atoms with van der Waals surface area (Å²) in [7, 11) is 3.96. The van der Waals surface area contributed by atoms with Gasteiger partial charge in [-0.2, -0.15) is 5.10 Å². The van der Waals surface area contributed by atoms with E-state index in [9.17, 15) is 0 Å². The average Bonchev–Trinajstić information content (AvgIpc) is 2.57. The summed E-state index contributed by atoms with van der Waals surface area (Å²) in [5.74, 6) is 0. The van der Waals surface area contributed by atoms with Crippen molar-refractivity contribution in [2.45, 2.75) is 19.9 Å². The van der Waals surface area contributed by atoms with Gasteiger partial charge >= 0.3 is 0 Å². The zero-order chi connectivity index (χ0) is 11.0. The Morgan fingerprint density at radius 1 is 1.40 bits per heavy atom. The highest BCUT2D eigenvalue weighted by Crippen LogP contribution is 2.25. The molecule has 1 unspecified atom stereocenters. The number of nitrogens with one attached hydrogen (secondary N) is 1. The van der Waals surface area contributed by atoms with E-state index in [0.717, 1.165) is 5.69 Å². The predicted octanol–water partition coefficient (Wildman–Crippen LogP) is 2.16. The smallest absolute Gasteiger partial charge is 0.0872 e. The van der Waals surface area contributed by atoms with Crippen molar-refractivity contribution in [2.24, 2.45) is 7.05 Å². The highest BCUT2D eigenvalue weighted by atomic mass is 15.3. The molecule has 0 saturated carbocycles. The second kappa shape index (κ2) is 3.66. The van der Waals surface area contributed by atoms with Crippen molar-refractivity contribution in [3.8, 4) is 0 Å². The van der Waals surface area contributed by atoms with E-state index in [1.807, 2.05) is 18.8 Å². The predicted molar refractivity (Wildman–Crippen MR) is 62.9 cm³/mol. The maximum absolute atomic E-state index is 4.58. The third kappa shape index (κ3) is 1.53. The number of aryl methyl sites for hydroxylation is 2. The van der Waals surface area contributed by atoms with E-state index in [1.165, 1.54) is 16.5 Å². The van der Waals surface area contributed by atoms with Crippen LogP contribution >= 0.6 is 0 Å². The number of benzene rings is 1. The Balaban J connectivity index is 2.75. The first-order chi connectivity index (χ1) is 7.15. The van der Waals surface area contributed by atoms with Gasteiger partial charge in [-0.15, -0.1) is 0 Å². The van der Waals surface area contributed by atoms with Gasteiger partial charge in [-0.05, 0) is 32.5 Å². The summed E-state index contributed by atoms with van der Waals surface area (Å²) in [6.07, 6.45) is 0. The number of aromatic nitrogens is 2. The van der Waals surface area contributed by atoms with E-state index in [4.69, 9.17) is 0 Å². The SMILES string of the molecule is CNC(C)c1nn(C)c2cccc(C)c12. The molecule has 0 spiro atoms. The molecule has 1 aromatic heterocycles. The van der Waals surface area contributed by atoms with Crippen LogP contribution in [0.5, 0.6) is 0 Å². The van der Waals surface area contributed by atoms with Gasteiger partial charge in [0.25, 0.3) is 0 Å². The topological polar surface area (TPSA) is 29.9 Å². The van der Waals surface area contributed by atoms with Crippen molar-refractivity contribution >= 4 is 10.9 Å². The summed E-state index contributed by atoms with van der Waals surface area (Å²) in [6.45, 7) is 4.27. The van der Waals surface area contributed by atoms with E-state index in [1.54, 1.807) is 0 Å². The Labute approximate surface area is 90.1 Å². The van der Waals surface area contributed by atoms with Gasteiger partial charge in [0.2, 0.25) is 0 Å². The largest absolute Gasteiger partial charge is 0.312 e. The minimum atomic E-state index is 0.287. The molecule has 0 aliphatic carbocycles. The Morgan fingerprint density at radius 3 is 2.80 bits per heavy atom. The fourth-order valence-electron chi connectivity index (χ4n) is 1.96. The van der Waals surface area contributed by atoms with Crippen LogP contribution in [0.4, 0.5) is 0 Å². The van der Waals surface area contributed by atoms with Gasteiger partial charge in [0.05, 0.1) is 11.2 Å². The Bertz CT molecular complexity index is 485. The first kappa shape index (κ1) is 10.2. The van der Waals surface area contributed by atoms with Crippen LogP contribution in [-0.4, -0.2) is 16.8 Å². The summed E-state index contributed by atoms with van der Waals surface area (Å²) >= 11 is 0. The molecule has 0 bridgehead atoms. The van der Waals surface area contributed by atoms with Crippen LogP contribution in [0.1, 0.15) is 24.2 Å². The van der Waals surface area contributed by atoms with Crippen LogP contribution in [-0.2, 0) is 7.05 Å². The number of fused-ring (bicyclic) bond motifs is 1. The van der Waals surface area contributed by atoms with Crippen LogP contribution in [0, 0.1) is 6.92 Å². The van der Waals surface area contributed by atoms with Crippen molar-refractivity contribution in [1.29, 1.82) is 0 Å². The molecule has 3 nitrogen and oxygen atoms in total. The molecule has 0 amide bonds. The summed E-state index contributed by atoms with van der Waals surface area (Å²) in [6, 6.07) is 6.61. The highest BCUT2D eigenvalue weighted by molar-refractivity contribution is 5.85. The fourth-order valence-corrected chi connectivity index (χ4v) is 1.96. The van der Waals surface area contributed by atoms with Crippen LogP contribution < -0.4 is 5.32 Å². The first-order valence-corrected chi connectivity index (χ1v) is 5.24. The molecule has 0 aliphatic heterocycles. The lowest BCUT2D eigenvalue weighted by Gasteiger charge is -2.07. The molecule has 2 rings (SSSR count). The molecule has 1 N–H and O–H groups in total. The van der Waals surface area contributed by atoms with Gasteiger partial charge in [-0.25, -0.2) is 0 Å². The molecular formula is C12H17N3. The number of rotatable bonds is 2. The van der Waals surface area contributed by atoms with E-state index in [-0.39, 0.29) is 6.04 Å². The molecule has 1 aromatic carbocycles. The first-order valence-electron chi connectivity index (χ1n) is 5.24. The molecule has 1 heterocycles. The van der Waals surface area contributed by atoms with Crippen molar-refractivity contribution in [1.82, 2.24) is 15.1 Å². The van der Waals surface area contributed by atoms with Gasteiger partial charge in [-0.3, -0.25) is 4.68 Å². The van der Waals surface area contributed by atoms with Crippen molar-refractivity contribution < 1.29 is 0 Å². The van der Waals surface area contributed by atoms with E-state index in [0.29, 0.717) is 0 Å². The molecule has 3 heteroatoms. The lowest BCUT2D eigenvalue weighted by molar-refractivity contribution is 0.616. The summed E-state index contributed by atoms with van der Waals surface area (Å²) in [4.78, 5) is 0. The van der Waals surface area contributed by atoms with Gasteiger partial charge in [0, 0.05) is 18.5 Å². The van der Waals surface area contributed by atoms with Crippen molar-refractivity contribution in [3.63, 3.8) is 0 Å². The zero-order valence-corrected chi connectivity index (χ0v) is 9.70. The fraction of sp³-hybridized carbons (Fsp3) is 0.417. The van der Waals surface area contributed by atoms with Gasteiger partial charge in [-0.1, -0.05) is 12.1 Å². The maximum Gasteiger partial charge on any atom is 0.0872 e. The van der Waals surface area contributed by atoms with Crippen LogP contribution in [0.25, 0.3) is 10.9 Å². The highest BCUT2D eigenvalue weighted by Gasteiger charge is 2.14. The van der Waals surface area contributed by atoms with Gasteiger partial charge < -0.3 is 5.32 Å². The Morgan fingerprint density at radius 2 is 2.13 bits per heavy atom. The summed E-state index contributed by atoms with van der Waals surface area (Å²) in [5, 5.41) is 9.09. The van der Waals surface area contributed by atoms with Gasteiger partial charge in [0.1, 0.15) is 0 Å². The van der Waals surface area contributed by atoms with E-state index >= 15 is 0 Å². The standard InChI is InChI=1S/C12H17N3/c1-8-6-5-7-10-11(8)12(9(2)13-3)14-15(10)4/h5-7,9,13H,1-4H3. The minimum absolute atomic E-state index is 0.287. The molecule has 0 saturated heterocycles. The van der Waals surface area contributed by atoms with Crippen molar-refractivity contribution in [2.75, 3.05) is 7.05 Å². The van der Waals surface area contributed by atoms with Crippen molar-refractivity contribution in [3.05, 3.63) is 29.5 Å². The molecule has 15 heavy (non-hydrogen) atoms. The zero-order valence-electron chi connectivity index (χ0n) is 9.70. The quantitative estimate of drug-likeness (QED) is 0.810. The van der Waals surface area contributed by atoms with Crippen LogP contribution in [0.3, 0.4) is 0 Å². The summed E-state index contributed by atoms with van der Waals surface area (Å²) < 4.78 is 1.95. The Hall–Kier alpha value is -1.35. The molecule has 80 valence electrons. The number of hydrogen-bond acceptors (Lipinski definition) is 2. The molecule has 0 radical (unpaired) electrons. The molecular weight excluding hydrogens is 186 g/mol. The molecule has 2 aromatic rings.